The van der Waals surface area contributed by atoms with Crippen molar-refractivity contribution in [2.45, 2.75) is 24.4 Å². The number of rotatable bonds is 4. The molecule has 2 rings (SSSR count). The fraction of sp³-hybridized carbons (Fsp3) is 0.250. The molecule has 0 aliphatic rings. The van der Waals surface area contributed by atoms with Gasteiger partial charge in [-0.2, -0.15) is 18.2 Å². The summed E-state index contributed by atoms with van der Waals surface area (Å²) >= 11 is 0. The smallest absolute Gasteiger partial charge is 0.340 e. The van der Waals surface area contributed by atoms with Crippen LogP contribution < -0.4 is 5.32 Å². The average Bonchev–Trinajstić information content (AvgIpc) is 2.82. The highest BCUT2D eigenvalue weighted by Gasteiger charge is 2.38. The van der Waals surface area contributed by atoms with Crippen LogP contribution in [0.25, 0.3) is 0 Å². The molecule has 0 aliphatic heterocycles. The monoisotopic (exact) mass is 383 g/mol. The molecule has 2 aromatic rings. The first-order valence-corrected chi connectivity index (χ1v) is 8.52. The summed E-state index contributed by atoms with van der Waals surface area (Å²) < 4.78 is 64.8. The standard InChI is InChI=1S/C12H9ClF3N3O4S/c1-6-17-10(19-23-6)5-7-4-8(18-11(20)12(14,15)16)2-3-9(7)24(13,21)22/h2-4H,5H2,1H3,(H,18,20). The van der Waals surface area contributed by atoms with Gasteiger partial charge in [0, 0.05) is 29.7 Å². The van der Waals surface area contributed by atoms with E-state index in [0.717, 1.165) is 18.2 Å². The van der Waals surface area contributed by atoms with Crippen LogP contribution in [0.3, 0.4) is 0 Å². The molecule has 0 bridgehead atoms. The number of benzene rings is 1. The first-order chi connectivity index (χ1) is 11.0. The van der Waals surface area contributed by atoms with E-state index >= 15 is 0 Å². The Hall–Kier alpha value is -2.14. The summed E-state index contributed by atoms with van der Waals surface area (Å²) in [6, 6.07) is 3.02. The van der Waals surface area contributed by atoms with Crippen LogP contribution >= 0.6 is 10.7 Å². The molecule has 1 N–H and O–H groups in total. The largest absolute Gasteiger partial charge is 0.471 e. The van der Waals surface area contributed by atoms with Crippen LogP contribution in [0.5, 0.6) is 0 Å². The second kappa shape index (κ2) is 6.40. The minimum absolute atomic E-state index is 0.00535. The minimum atomic E-state index is -5.08. The molecule has 1 aromatic carbocycles. The van der Waals surface area contributed by atoms with Gasteiger partial charge in [0.1, 0.15) is 0 Å². The fourth-order valence-corrected chi connectivity index (χ4v) is 2.95. The molecule has 1 amide bonds. The summed E-state index contributed by atoms with van der Waals surface area (Å²) in [7, 11) is 1.14. The number of amides is 1. The van der Waals surface area contributed by atoms with E-state index in [1.54, 1.807) is 5.32 Å². The van der Waals surface area contributed by atoms with Crippen LogP contribution in [0.1, 0.15) is 17.3 Å². The Morgan fingerprint density at radius 1 is 1.38 bits per heavy atom. The number of hydrogen-bond acceptors (Lipinski definition) is 6. The van der Waals surface area contributed by atoms with Crippen molar-refractivity contribution in [1.82, 2.24) is 10.1 Å². The van der Waals surface area contributed by atoms with Crippen LogP contribution in [-0.2, 0) is 20.3 Å². The second-order valence-electron chi connectivity index (χ2n) is 4.62. The molecule has 0 saturated heterocycles. The zero-order valence-electron chi connectivity index (χ0n) is 11.9. The number of aryl methyl sites for hydroxylation is 1. The highest BCUT2D eigenvalue weighted by atomic mass is 35.7. The molecule has 0 aliphatic carbocycles. The third-order valence-corrected chi connectivity index (χ3v) is 4.18. The van der Waals surface area contributed by atoms with Crippen molar-refractivity contribution >= 4 is 31.3 Å². The highest BCUT2D eigenvalue weighted by molar-refractivity contribution is 8.13. The summed E-state index contributed by atoms with van der Waals surface area (Å²) in [4.78, 5) is 14.5. The van der Waals surface area contributed by atoms with Crippen LogP contribution in [0.4, 0.5) is 18.9 Å². The first kappa shape index (κ1) is 18.2. The highest BCUT2D eigenvalue weighted by Crippen LogP contribution is 2.26. The van der Waals surface area contributed by atoms with Crippen molar-refractivity contribution < 1.29 is 30.9 Å². The fourth-order valence-electron chi connectivity index (χ4n) is 1.82. The third-order valence-electron chi connectivity index (χ3n) is 2.76. The molecule has 1 aromatic heterocycles. The van der Waals surface area contributed by atoms with Gasteiger partial charge in [0.05, 0.1) is 4.90 Å². The zero-order valence-corrected chi connectivity index (χ0v) is 13.5. The van der Waals surface area contributed by atoms with E-state index in [-0.39, 0.29) is 34.3 Å². The average molecular weight is 384 g/mol. The Bertz CT molecular complexity index is 880. The molecule has 24 heavy (non-hydrogen) atoms. The second-order valence-corrected chi connectivity index (χ2v) is 7.15. The van der Waals surface area contributed by atoms with E-state index in [4.69, 9.17) is 15.2 Å². The number of nitrogens with zero attached hydrogens (tertiary/aromatic N) is 2. The van der Waals surface area contributed by atoms with Gasteiger partial charge in [0.25, 0.3) is 9.05 Å². The van der Waals surface area contributed by atoms with Crippen molar-refractivity contribution in [3.63, 3.8) is 0 Å². The van der Waals surface area contributed by atoms with Crippen molar-refractivity contribution in [2.75, 3.05) is 5.32 Å². The first-order valence-electron chi connectivity index (χ1n) is 6.22. The quantitative estimate of drug-likeness (QED) is 0.813. The Labute approximate surface area is 138 Å². The van der Waals surface area contributed by atoms with Gasteiger partial charge in [-0.25, -0.2) is 8.42 Å². The Morgan fingerprint density at radius 2 is 2.04 bits per heavy atom. The van der Waals surface area contributed by atoms with Crippen LogP contribution in [0.2, 0.25) is 0 Å². The molecule has 130 valence electrons. The molecular weight excluding hydrogens is 375 g/mol. The summed E-state index contributed by atoms with van der Waals surface area (Å²) in [5.74, 6) is -1.86. The molecule has 0 fully saturated rings. The van der Waals surface area contributed by atoms with E-state index in [0.29, 0.717) is 0 Å². The SMILES string of the molecule is Cc1nc(Cc2cc(NC(=O)C(F)(F)F)ccc2S(=O)(=O)Cl)no1. The van der Waals surface area contributed by atoms with Gasteiger partial charge in [-0.05, 0) is 23.8 Å². The summed E-state index contributed by atoms with van der Waals surface area (Å²) in [6.07, 6.45) is -5.25. The van der Waals surface area contributed by atoms with Crippen molar-refractivity contribution in [3.05, 3.63) is 35.5 Å². The lowest BCUT2D eigenvalue weighted by molar-refractivity contribution is -0.167. The van der Waals surface area contributed by atoms with Gasteiger partial charge in [0.15, 0.2) is 5.82 Å². The number of nitrogens with one attached hydrogen (secondary N) is 1. The number of anilines is 1. The summed E-state index contributed by atoms with van der Waals surface area (Å²) in [5.41, 5.74) is -0.248. The summed E-state index contributed by atoms with van der Waals surface area (Å²) in [5, 5.41) is 5.20. The number of aromatic nitrogens is 2. The van der Waals surface area contributed by atoms with E-state index in [9.17, 15) is 26.4 Å². The number of alkyl halides is 3. The van der Waals surface area contributed by atoms with E-state index in [2.05, 4.69) is 10.1 Å². The van der Waals surface area contributed by atoms with Gasteiger partial charge in [0.2, 0.25) is 5.89 Å². The Kier molecular flexibility index (Phi) is 4.85. The minimum Gasteiger partial charge on any atom is -0.340 e. The van der Waals surface area contributed by atoms with E-state index in [1.807, 2.05) is 0 Å². The number of carbonyl (C=O) groups excluding carboxylic acids is 1. The van der Waals surface area contributed by atoms with Gasteiger partial charge < -0.3 is 9.84 Å². The van der Waals surface area contributed by atoms with Crippen molar-refractivity contribution in [1.29, 1.82) is 0 Å². The maximum atomic E-state index is 12.3. The lowest BCUT2D eigenvalue weighted by Crippen LogP contribution is -2.30. The van der Waals surface area contributed by atoms with E-state index in [1.165, 1.54) is 6.92 Å². The third kappa shape index (κ3) is 4.45. The van der Waals surface area contributed by atoms with Crippen LogP contribution in [0, 0.1) is 6.92 Å². The molecule has 0 radical (unpaired) electrons. The molecule has 1 heterocycles. The van der Waals surface area contributed by atoms with Gasteiger partial charge in [-0.3, -0.25) is 4.79 Å². The molecule has 7 nitrogen and oxygen atoms in total. The van der Waals surface area contributed by atoms with Crippen molar-refractivity contribution in [3.8, 4) is 0 Å². The van der Waals surface area contributed by atoms with Gasteiger partial charge in [-0.15, -0.1) is 0 Å². The molecule has 0 spiro atoms. The van der Waals surface area contributed by atoms with Crippen LogP contribution in [-0.4, -0.2) is 30.6 Å². The van der Waals surface area contributed by atoms with E-state index < -0.39 is 21.1 Å². The molecule has 0 atom stereocenters. The maximum Gasteiger partial charge on any atom is 0.471 e. The Balaban J connectivity index is 2.40. The predicted octanol–water partition coefficient (Wildman–Crippen LogP) is 2.40. The molecular formula is C12H9ClF3N3O4S. The number of halogens is 4. The normalized spacial score (nSPS) is 12.2. The maximum absolute atomic E-state index is 12.3. The van der Waals surface area contributed by atoms with Gasteiger partial charge in [-0.1, -0.05) is 5.16 Å². The van der Waals surface area contributed by atoms with Gasteiger partial charge >= 0.3 is 12.1 Å². The number of carbonyl (C=O) groups is 1. The number of hydrogen-bond donors (Lipinski definition) is 1. The summed E-state index contributed by atoms with van der Waals surface area (Å²) in [6.45, 7) is 1.51. The molecule has 12 heteroatoms. The molecule has 0 unspecified atom stereocenters. The lowest BCUT2D eigenvalue weighted by Gasteiger charge is -2.11. The van der Waals surface area contributed by atoms with Crippen molar-refractivity contribution in [2.24, 2.45) is 0 Å². The van der Waals surface area contributed by atoms with Crippen LogP contribution in [0.15, 0.2) is 27.6 Å². The molecule has 0 saturated carbocycles. The topological polar surface area (TPSA) is 102 Å². The Morgan fingerprint density at radius 3 is 2.54 bits per heavy atom. The zero-order chi connectivity index (χ0) is 18.1. The predicted molar refractivity (Wildman–Crippen MR) is 76.0 cm³/mol. The lowest BCUT2D eigenvalue weighted by atomic mass is 10.1.